The Morgan fingerprint density at radius 3 is 2.09 bits per heavy atom. The minimum Gasteiger partial charge on any atom is -0.491 e. The fourth-order valence-electron chi connectivity index (χ4n) is 4.56. The number of benzene rings is 3. The van der Waals surface area contributed by atoms with Crippen molar-refractivity contribution in [2.24, 2.45) is 0 Å². The lowest BCUT2D eigenvalue weighted by Crippen LogP contribution is -2.32. The highest BCUT2D eigenvalue weighted by Crippen LogP contribution is 2.25. The molecule has 0 spiro atoms. The van der Waals surface area contributed by atoms with Gasteiger partial charge in [-0.1, -0.05) is 86.3 Å². The van der Waals surface area contributed by atoms with Crippen molar-refractivity contribution in [1.29, 1.82) is 0 Å². The minimum atomic E-state index is -1.26. The van der Waals surface area contributed by atoms with Crippen LogP contribution >= 0.6 is 0 Å². The van der Waals surface area contributed by atoms with Crippen LogP contribution in [0, 0.1) is 0 Å². The second-order valence-electron chi connectivity index (χ2n) is 10.5. The van der Waals surface area contributed by atoms with Gasteiger partial charge in [0, 0.05) is 36.4 Å². The summed E-state index contributed by atoms with van der Waals surface area (Å²) in [7, 11) is 0. The van der Waals surface area contributed by atoms with Crippen LogP contribution in [0.15, 0.2) is 106 Å². The van der Waals surface area contributed by atoms with E-state index in [1.807, 2.05) is 30.3 Å². The Hall–Kier alpha value is -4.73. The molecule has 1 heterocycles. The molecule has 1 atom stereocenters. The van der Waals surface area contributed by atoms with Crippen LogP contribution in [0.25, 0.3) is 22.3 Å². The van der Waals surface area contributed by atoms with E-state index >= 15 is 0 Å². The van der Waals surface area contributed by atoms with E-state index in [1.165, 1.54) is 50.2 Å². The summed E-state index contributed by atoms with van der Waals surface area (Å²) in [4.78, 5) is 31.6. The molecule has 0 radical (unpaired) electrons. The molecule has 4 aromatic rings. The van der Waals surface area contributed by atoms with Crippen LogP contribution in [0.4, 0.5) is 0 Å². The van der Waals surface area contributed by atoms with E-state index in [0.29, 0.717) is 41.2 Å². The molecule has 0 bridgehead atoms. The molecule has 4 rings (SSSR count). The second kappa shape index (κ2) is 19.5. The van der Waals surface area contributed by atoms with Crippen LogP contribution in [0.1, 0.15) is 44.1 Å². The maximum Gasteiger partial charge on any atom is 0.328 e. The van der Waals surface area contributed by atoms with Gasteiger partial charge in [0.15, 0.2) is 5.43 Å². The second-order valence-corrected chi connectivity index (χ2v) is 10.5. The Morgan fingerprint density at radius 1 is 0.800 bits per heavy atom. The van der Waals surface area contributed by atoms with Gasteiger partial charge in [0.05, 0.1) is 5.39 Å². The molecule has 4 N–H and O–H groups in total. The summed E-state index contributed by atoms with van der Waals surface area (Å²) in [6.07, 6.45) is 9.06. The lowest BCUT2D eigenvalue weighted by atomic mass is 10.1. The summed E-state index contributed by atoms with van der Waals surface area (Å²) >= 11 is 0. The number of aliphatic hydroxyl groups excluding tert-OH is 1. The van der Waals surface area contributed by atoms with Crippen molar-refractivity contribution in [3.63, 3.8) is 0 Å². The van der Waals surface area contributed by atoms with Crippen LogP contribution < -0.4 is 15.5 Å². The Kier molecular flexibility index (Phi) is 15.1. The Bertz CT molecular complexity index is 1530. The molecule has 9 nitrogen and oxygen atoms in total. The van der Waals surface area contributed by atoms with E-state index in [2.05, 4.69) is 35.6 Å². The molecule has 0 aliphatic carbocycles. The molecule has 0 saturated carbocycles. The highest BCUT2D eigenvalue weighted by molar-refractivity contribution is 5.89. The third kappa shape index (κ3) is 13.6. The molecule has 45 heavy (non-hydrogen) atoms. The fraction of sp³-hybridized carbons (Fsp3) is 0.306. The van der Waals surface area contributed by atoms with Crippen LogP contribution in [-0.4, -0.2) is 53.1 Å². The van der Waals surface area contributed by atoms with Crippen molar-refractivity contribution in [2.75, 3.05) is 19.7 Å². The molecule has 0 saturated heterocycles. The number of aliphatic hydroxyl groups is 1. The number of carboxylic acids is 2. The molecule has 1 aromatic heterocycles. The highest BCUT2D eigenvalue weighted by atomic mass is 16.5. The van der Waals surface area contributed by atoms with Gasteiger partial charge >= 0.3 is 11.9 Å². The van der Waals surface area contributed by atoms with Gasteiger partial charge in [-0.05, 0) is 43.5 Å². The predicted molar refractivity (Wildman–Crippen MR) is 175 cm³/mol. The van der Waals surface area contributed by atoms with Crippen molar-refractivity contribution in [2.45, 2.75) is 51.0 Å². The number of hydrogen-bond acceptors (Lipinski definition) is 7. The Balaban J connectivity index is 0.000000610. The summed E-state index contributed by atoms with van der Waals surface area (Å²) in [5.74, 6) is -1.43. The molecule has 9 heteroatoms. The molecular formula is C36H41NO8. The van der Waals surface area contributed by atoms with Crippen LogP contribution in [0.2, 0.25) is 0 Å². The lowest BCUT2D eigenvalue weighted by Gasteiger charge is -2.13. The zero-order valence-electron chi connectivity index (χ0n) is 25.3. The monoisotopic (exact) mass is 615 g/mol. The third-order valence-electron chi connectivity index (χ3n) is 6.86. The molecule has 3 aromatic carbocycles. The number of carboxylic acid groups (broad SMARTS) is 2. The predicted octanol–water partition coefficient (Wildman–Crippen LogP) is 6.08. The summed E-state index contributed by atoms with van der Waals surface area (Å²) in [5.41, 5.74) is 2.65. The number of aryl methyl sites for hydroxylation is 1. The minimum absolute atomic E-state index is 0.0944. The largest absolute Gasteiger partial charge is 0.491 e. The summed E-state index contributed by atoms with van der Waals surface area (Å²) < 4.78 is 11.7. The maximum atomic E-state index is 12.5. The number of fused-ring (bicyclic) bond motifs is 1. The number of unbranched alkanes of at least 4 members (excludes halogenated alkanes) is 5. The first kappa shape index (κ1) is 34.8. The van der Waals surface area contributed by atoms with Gasteiger partial charge in [-0.2, -0.15) is 0 Å². The quantitative estimate of drug-likeness (QED) is 0.0819. The van der Waals surface area contributed by atoms with E-state index in [0.717, 1.165) is 18.5 Å². The molecule has 1 unspecified atom stereocenters. The third-order valence-corrected chi connectivity index (χ3v) is 6.86. The van der Waals surface area contributed by atoms with Crippen LogP contribution in [-0.2, 0) is 16.0 Å². The molecule has 0 fully saturated rings. The van der Waals surface area contributed by atoms with Crippen molar-refractivity contribution in [3.8, 4) is 17.1 Å². The number of hydrogen-bond donors (Lipinski definition) is 4. The molecule has 0 aliphatic rings. The topological polar surface area (TPSA) is 146 Å². The summed E-state index contributed by atoms with van der Waals surface area (Å²) in [6, 6.07) is 26.9. The first-order valence-electron chi connectivity index (χ1n) is 15.1. The van der Waals surface area contributed by atoms with Gasteiger partial charge in [0.1, 0.15) is 29.8 Å². The SMILES string of the molecule is O=C(O)C=CC(=O)O.O=c1cc(-c2ccccc2)oc2cc(OCC(O)CNCCCCCCCCc3ccccc3)ccc12. The van der Waals surface area contributed by atoms with Gasteiger partial charge in [0.2, 0.25) is 0 Å². The number of carbonyl (C=O) groups is 2. The van der Waals surface area contributed by atoms with Crippen molar-refractivity contribution < 1.29 is 34.1 Å². The first-order chi connectivity index (χ1) is 21.8. The number of aliphatic carboxylic acids is 2. The first-order valence-corrected chi connectivity index (χ1v) is 15.1. The number of nitrogens with one attached hydrogen (secondary N) is 1. The zero-order valence-corrected chi connectivity index (χ0v) is 25.3. The maximum absolute atomic E-state index is 12.5. The highest BCUT2D eigenvalue weighted by Gasteiger charge is 2.10. The Labute approximate surface area is 262 Å². The average Bonchev–Trinajstić information content (AvgIpc) is 3.04. The van der Waals surface area contributed by atoms with Gasteiger partial charge in [-0.15, -0.1) is 0 Å². The molecule has 0 amide bonds. The van der Waals surface area contributed by atoms with E-state index < -0.39 is 18.0 Å². The van der Waals surface area contributed by atoms with E-state index in [-0.39, 0.29) is 12.0 Å². The van der Waals surface area contributed by atoms with E-state index in [4.69, 9.17) is 19.4 Å². The van der Waals surface area contributed by atoms with Crippen LogP contribution in [0.3, 0.4) is 0 Å². The number of rotatable bonds is 17. The number of ether oxygens (including phenoxy) is 1. The van der Waals surface area contributed by atoms with Gasteiger partial charge in [-0.3, -0.25) is 4.79 Å². The smallest absolute Gasteiger partial charge is 0.328 e. The lowest BCUT2D eigenvalue weighted by molar-refractivity contribution is -0.134. The van der Waals surface area contributed by atoms with Gasteiger partial charge in [-0.25, -0.2) is 9.59 Å². The zero-order chi connectivity index (χ0) is 32.3. The molecule has 0 aliphatic heterocycles. The van der Waals surface area contributed by atoms with Gasteiger partial charge < -0.3 is 29.8 Å². The van der Waals surface area contributed by atoms with Crippen molar-refractivity contribution in [1.82, 2.24) is 5.32 Å². The Morgan fingerprint density at radius 2 is 1.42 bits per heavy atom. The molecular weight excluding hydrogens is 574 g/mol. The normalized spacial score (nSPS) is 11.6. The molecule has 238 valence electrons. The van der Waals surface area contributed by atoms with Crippen LogP contribution in [0.5, 0.6) is 5.75 Å². The summed E-state index contributed by atoms with van der Waals surface area (Å²) in [6.45, 7) is 1.55. The van der Waals surface area contributed by atoms with Gasteiger partial charge in [0.25, 0.3) is 0 Å². The van der Waals surface area contributed by atoms with Crippen molar-refractivity contribution >= 4 is 22.9 Å². The average molecular weight is 616 g/mol. The summed E-state index contributed by atoms with van der Waals surface area (Å²) in [5, 5.41) is 29.7. The van der Waals surface area contributed by atoms with Crippen molar-refractivity contribution in [3.05, 3.63) is 113 Å². The van der Waals surface area contributed by atoms with E-state index in [1.54, 1.807) is 18.2 Å². The standard InChI is InChI=1S/C32H37NO4.C4H4O4/c34-27(23-33-20-12-4-2-1-3-7-13-25-14-8-5-9-15-25)24-36-28-18-19-29-30(35)22-31(37-32(29)21-28)26-16-10-6-11-17-26;5-3(6)1-2-4(7)8/h5-6,8-11,14-19,21-22,27,33-34H,1-4,7,12-13,20,23-24H2;1-2H,(H,5,6)(H,7,8). The fourth-order valence-corrected chi connectivity index (χ4v) is 4.56. The van der Waals surface area contributed by atoms with E-state index in [9.17, 15) is 19.5 Å².